The van der Waals surface area contributed by atoms with E-state index in [1.165, 1.54) is 12.1 Å². The van der Waals surface area contributed by atoms with Gasteiger partial charge in [0.15, 0.2) is 17.4 Å². The first-order chi connectivity index (χ1) is 16.4. The number of piperidine rings is 1. The van der Waals surface area contributed by atoms with Gasteiger partial charge in [0, 0.05) is 43.8 Å². The Labute approximate surface area is 199 Å². The predicted molar refractivity (Wildman–Crippen MR) is 128 cm³/mol. The SMILES string of the molecule is CCc1cnc(N2CCC(COc3c(F)cc(-c4cnn(CCN(C)C)c4)cc3F)CC2)nc1. The number of aromatic nitrogens is 4. The fourth-order valence-electron chi connectivity index (χ4n) is 4.00. The maximum absolute atomic E-state index is 14.7. The monoisotopic (exact) mass is 470 g/mol. The van der Waals surface area contributed by atoms with E-state index < -0.39 is 11.6 Å². The molecule has 9 heteroatoms. The normalized spacial score (nSPS) is 14.7. The standard InChI is InChI=1S/C25H32F2N6O/c1-4-18-13-28-25(29-14-18)32-7-5-19(6-8-32)17-34-24-22(26)11-20(12-23(24)27)21-15-30-33(16-21)10-9-31(2)3/h11-16,19H,4-10,17H2,1-3H3. The summed E-state index contributed by atoms with van der Waals surface area (Å²) >= 11 is 0. The number of hydrogen-bond donors (Lipinski definition) is 0. The highest BCUT2D eigenvalue weighted by Gasteiger charge is 2.23. The molecule has 0 atom stereocenters. The summed E-state index contributed by atoms with van der Waals surface area (Å²) in [4.78, 5) is 13.1. The van der Waals surface area contributed by atoms with Crippen molar-refractivity contribution in [1.29, 1.82) is 0 Å². The van der Waals surface area contributed by atoms with E-state index in [1.54, 1.807) is 17.1 Å². The molecule has 0 aliphatic carbocycles. The molecule has 1 aromatic carbocycles. The number of anilines is 1. The summed E-state index contributed by atoms with van der Waals surface area (Å²) in [5.74, 6) is -0.755. The Bertz CT molecular complexity index is 1050. The molecule has 1 aliphatic rings. The maximum atomic E-state index is 14.7. The largest absolute Gasteiger partial charge is 0.487 e. The smallest absolute Gasteiger partial charge is 0.225 e. The van der Waals surface area contributed by atoms with E-state index in [1.807, 2.05) is 31.4 Å². The third-order valence-corrected chi connectivity index (χ3v) is 6.20. The molecule has 1 fully saturated rings. The summed E-state index contributed by atoms with van der Waals surface area (Å²) in [5, 5.41) is 4.28. The molecule has 3 aromatic rings. The van der Waals surface area contributed by atoms with Crippen LogP contribution in [0, 0.1) is 17.6 Å². The number of hydrogen-bond acceptors (Lipinski definition) is 6. The van der Waals surface area contributed by atoms with E-state index in [-0.39, 0.29) is 18.3 Å². The lowest BCUT2D eigenvalue weighted by Gasteiger charge is -2.31. The third-order valence-electron chi connectivity index (χ3n) is 6.20. The van der Waals surface area contributed by atoms with Gasteiger partial charge in [-0.05, 0) is 62.5 Å². The summed E-state index contributed by atoms with van der Waals surface area (Å²) < 4.78 is 36.8. The number of benzene rings is 1. The Balaban J connectivity index is 1.32. The Hall–Kier alpha value is -3.07. The van der Waals surface area contributed by atoms with Crippen molar-refractivity contribution in [2.75, 3.05) is 45.2 Å². The molecule has 0 unspecified atom stereocenters. The van der Waals surface area contributed by atoms with Crippen molar-refractivity contribution in [3.63, 3.8) is 0 Å². The number of ether oxygens (including phenoxy) is 1. The first-order valence-corrected chi connectivity index (χ1v) is 11.8. The molecule has 0 amide bonds. The molecule has 2 aromatic heterocycles. The molecule has 1 aliphatic heterocycles. The van der Waals surface area contributed by atoms with Crippen LogP contribution in [0.4, 0.5) is 14.7 Å². The van der Waals surface area contributed by atoms with Gasteiger partial charge in [-0.3, -0.25) is 4.68 Å². The molecule has 0 radical (unpaired) electrons. The van der Waals surface area contributed by atoms with Gasteiger partial charge in [-0.2, -0.15) is 5.10 Å². The van der Waals surface area contributed by atoms with Crippen molar-refractivity contribution >= 4 is 5.95 Å². The zero-order valence-electron chi connectivity index (χ0n) is 20.0. The Morgan fingerprint density at radius 1 is 1.03 bits per heavy atom. The van der Waals surface area contributed by atoms with E-state index in [0.29, 0.717) is 17.7 Å². The van der Waals surface area contributed by atoms with Gasteiger partial charge >= 0.3 is 0 Å². The second-order valence-corrected chi connectivity index (χ2v) is 9.05. The van der Waals surface area contributed by atoms with E-state index in [2.05, 4.69) is 26.9 Å². The second kappa shape index (κ2) is 10.9. The van der Waals surface area contributed by atoms with Gasteiger partial charge in [-0.15, -0.1) is 0 Å². The fourth-order valence-corrected chi connectivity index (χ4v) is 4.00. The minimum atomic E-state index is -0.696. The Kier molecular flexibility index (Phi) is 7.72. The van der Waals surface area contributed by atoms with Gasteiger partial charge in [-0.1, -0.05) is 6.92 Å². The third kappa shape index (κ3) is 5.88. The average molecular weight is 471 g/mol. The molecule has 3 heterocycles. The highest BCUT2D eigenvalue weighted by Crippen LogP contribution is 2.30. The van der Waals surface area contributed by atoms with E-state index in [0.717, 1.165) is 50.4 Å². The lowest BCUT2D eigenvalue weighted by atomic mass is 9.98. The molecule has 182 valence electrons. The molecule has 1 saturated heterocycles. The van der Waals surface area contributed by atoms with Crippen LogP contribution in [0.2, 0.25) is 0 Å². The van der Waals surface area contributed by atoms with Crippen LogP contribution >= 0.6 is 0 Å². The lowest BCUT2D eigenvalue weighted by Crippen LogP contribution is -2.36. The van der Waals surface area contributed by atoms with Crippen molar-refractivity contribution in [3.8, 4) is 16.9 Å². The van der Waals surface area contributed by atoms with E-state index in [9.17, 15) is 8.78 Å². The number of rotatable bonds is 9. The number of aryl methyl sites for hydroxylation is 1. The molecule has 0 spiro atoms. The lowest BCUT2D eigenvalue weighted by molar-refractivity contribution is 0.207. The molecule has 34 heavy (non-hydrogen) atoms. The predicted octanol–water partition coefficient (Wildman–Crippen LogP) is 4.04. The maximum Gasteiger partial charge on any atom is 0.225 e. The molecule has 0 bridgehead atoms. The van der Waals surface area contributed by atoms with Gasteiger partial charge in [0.05, 0.1) is 19.3 Å². The van der Waals surface area contributed by atoms with Crippen LogP contribution in [0.25, 0.3) is 11.1 Å². The summed E-state index contributed by atoms with van der Waals surface area (Å²) in [7, 11) is 3.97. The second-order valence-electron chi connectivity index (χ2n) is 9.05. The van der Waals surface area contributed by atoms with Crippen molar-refractivity contribution in [3.05, 3.63) is 54.1 Å². The van der Waals surface area contributed by atoms with Crippen LogP contribution in [0.3, 0.4) is 0 Å². The number of nitrogens with zero attached hydrogens (tertiary/aromatic N) is 6. The van der Waals surface area contributed by atoms with Crippen LogP contribution in [0.5, 0.6) is 5.75 Å². The fraction of sp³-hybridized carbons (Fsp3) is 0.480. The van der Waals surface area contributed by atoms with Crippen molar-refractivity contribution in [2.24, 2.45) is 5.92 Å². The molecule has 0 saturated carbocycles. The Morgan fingerprint density at radius 2 is 1.71 bits per heavy atom. The van der Waals surface area contributed by atoms with Crippen molar-refractivity contribution in [2.45, 2.75) is 32.7 Å². The summed E-state index contributed by atoms with van der Waals surface area (Å²) in [6.07, 6.45) is 9.76. The highest BCUT2D eigenvalue weighted by atomic mass is 19.1. The van der Waals surface area contributed by atoms with E-state index >= 15 is 0 Å². The quantitative estimate of drug-likeness (QED) is 0.471. The summed E-state index contributed by atoms with van der Waals surface area (Å²) in [5.41, 5.74) is 2.23. The zero-order valence-corrected chi connectivity index (χ0v) is 20.0. The minimum Gasteiger partial charge on any atom is -0.487 e. The van der Waals surface area contributed by atoms with Crippen LogP contribution < -0.4 is 9.64 Å². The van der Waals surface area contributed by atoms with Gasteiger partial charge in [0.1, 0.15) is 0 Å². The summed E-state index contributed by atoms with van der Waals surface area (Å²) in [6.45, 7) is 5.47. The van der Waals surface area contributed by atoms with Crippen molar-refractivity contribution in [1.82, 2.24) is 24.6 Å². The summed E-state index contributed by atoms with van der Waals surface area (Å²) in [6, 6.07) is 2.62. The molecular weight excluding hydrogens is 438 g/mol. The van der Waals surface area contributed by atoms with Crippen molar-refractivity contribution < 1.29 is 13.5 Å². The molecule has 4 rings (SSSR count). The number of likely N-dealkylation sites (N-methyl/N-ethyl adjacent to an activating group) is 1. The minimum absolute atomic E-state index is 0.222. The van der Waals surface area contributed by atoms with Gasteiger partial charge in [0.25, 0.3) is 0 Å². The average Bonchev–Trinajstić information content (AvgIpc) is 3.32. The first kappa shape index (κ1) is 24.1. The van der Waals surface area contributed by atoms with Crippen LogP contribution in [0.15, 0.2) is 36.9 Å². The van der Waals surface area contributed by atoms with Crippen LogP contribution in [0.1, 0.15) is 25.3 Å². The van der Waals surface area contributed by atoms with Crippen LogP contribution in [-0.4, -0.2) is 65.0 Å². The van der Waals surface area contributed by atoms with Gasteiger partial charge in [0.2, 0.25) is 5.95 Å². The Morgan fingerprint density at radius 3 is 2.32 bits per heavy atom. The van der Waals surface area contributed by atoms with Gasteiger partial charge in [-0.25, -0.2) is 18.7 Å². The highest BCUT2D eigenvalue weighted by molar-refractivity contribution is 5.63. The molecular formula is C25H32F2N6O. The van der Waals surface area contributed by atoms with Crippen LogP contribution in [-0.2, 0) is 13.0 Å². The van der Waals surface area contributed by atoms with E-state index in [4.69, 9.17) is 4.74 Å². The van der Waals surface area contributed by atoms with Gasteiger partial charge < -0.3 is 14.5 Å². The molecule has 7 nitrogen and oxygen atoms in total. The zero-order chi connectivity index (χ0) is 24.1. The number of halogens is 2. The molecule has 0 N–H and O–H groups in total. The first-order valence-electron chi connectivity index (χ1n) is 11.8. The topological polar surface area (TPSA) is 59.3 Å².